The van der Waals surface area contributed by atoms with Crippen molar-refractivity contribution in [3.05, 3.63) is 117 Å². The molecule has 5 aromatic carbocycles. The summed E-state index contributed by atoms with van der Waals surface area (Å²) in [5.74, 6) is -15.3. The lowest BCUT2D eigenvalue weighted by atomic mass is 9.84. The molecule has 7 aliphatic rings. The summed E-state index contributed by atoms with van der Waals surface area (Å²) in [6, 6.07) is 7.77. The van der Waals surface area contributed by atoms with Crippen molar-refractivity contribution in [2.45, 2.75) is 228 Å². The number of likely N-dealkylation sites (N-methyl/N-ethyl adjacent to an activating group) is 1. The first kappa shape index (κ1) is 86.8. The van der Waals surface area contributed by atoms with Crippen LogP contribution in [0.4, 0.5) is 0 Å². The molecular weight excluding hydrogens is 1510 g/mol. The molecule has 2 saturated heterocycles. The fourth-order valence-electron chi connectivity index (χ4n) is 15.2. The van der Waals surface area contributed by atoms with Crippen LogP contribution in [0.2, 0.25) is 10.0 Å². The number of aliphatic hydroxyl groups is 5. The lowest BCUT2D eigenvalue weighted by Gasteiger charge is -2.48. The van der Waals surface area contributed by atoms with Crippen LogP contribution in [0.1, 0.15) is 177 Å². The highest BCUT2D eigenvalue weighted by atomic mass is 35.5. The number of ether oxygens (including phenoxy) is 6. The molecule has 32 heteroatoms. The highest BCUT2D eigenvalue weighted by Gasteiger charge is 2.52. The van der Waals surface area contributed by atoms with E-state index in [2.05, 4.69) is 44.1 Å². The predicted octanol–water partition coefficient (Wildman–Crippen LogP) is 6.46. The Labute approximate surface area is 664 Å². The summed E-state index contributed by atoms with van der Waals surface area (Å²) in [4.78, 5) is 119. The van der Waals surface area contributed by atoms with E-state index >= 15 is 24.0 Å². The number of benzene rings is 5. The molecule has 614 valence electrons. The molecule has 0 aliphatic carbocycles. The van der Waals surface area contributed by atoms with Crippen molar-refractivity contribution in [1.82, 2.24) is 37.2 Å². The predicted molar refractivity (Wildman–Crippen MR) is 413 cm³/mol. The molecule has 17 atom stereocenters. The number of aliphatic hydroxyl groups excluding tert-OH is 5. The maximum Gasteiger partial charge on any atom is 0.243 e. The number of aromatic hydroxyl groups is 3. The number of ketones is 3. The summed E-state index contributed by atoms with van der Waals surface area (Å²) in [6.07, 6.45) is -8.20. The number of rotatable bonds is 26. The van der Waals surface area contributed by atoms with Crippen molar-refractivity contribution in [1.29, 1.82) is 0 Å². The van der Waals surface area contributed by atoms with Gasteiger partial charge in [-0.15, -0.1) is 0 Å². The quantitative estimate of drug-likeness (QED) is 0.0264. The van der Waals surface area contributed by atoms with Gasteiger partial charge in [-0.05, 0) is 136 Å². The summed E-state index contributed by atoms with van der Waals surface area (Å²) in [7, 11) is 1.52. The number of fused-ring (bicyclic) bond motifs is 15. The van der Waals surface area contributed by atoms with E-state index < -0.39 is 217 Å². The van der Waals surface area contributed by atoms with Gasteiger partial charge in [0.25, 0.3) is 0 Å². The first-order valence-electron chi connectivity index (χ1n) is 38.5. The first-order valence-corrected chi connectivity index (χ1v) is 39.2. The normalized spacial score (nSPS) is 27.1. The van der Waals surface area contributed by atoms with E-state index in [1.807, 2.05) is 13.8 Å². The second-order valence-corrected chi connectivity index (χ2v) is 31.4. The van der Waals surface area contributed by atoms with E-state index in [4.69, 9.17) is 57.4 Å². The zero-order chi connectivity index (χ0) is 81.9. The van der Waals surface area contributed by atoms with Gasteiger partial charge in [0.2, 0.25) is 41.6 Å². The maximum atomic E-state index is 16.3. The first-order chi connectivity index (χ1) is 53.8. The summed E-state index contributed by atoms with van der Waals surface area (Å²) >= 11 is 14.4. The summed E-state index contributed by atoms with van der Waals surface area (Å²) in [5, 5.41) is 113. The fourth-order valence-corrected chi connectivity index (χ4v) is 15.7. The molecule has 7 aliphatic heterocycles. The minimum absolute atomic E-state index is 0.0597. The Balaban J connectivity index is 1.14. The van der Waals surface area contributed by atoms with Crippen LogP contribution in [-0.4, -0.2) is 194 Å². The Morgan fingerprint density at radius 3 is 2.04 bits per heavy atom. The van der Waals surface area contributed by atoms with E-state index in [9.17, 15) is 55.2 Å². The Bertz CT molecular complexity index is 4290. The third kappa shape index (κ3) is 21.1. The topological polar surface area (TPSA) is 464 Å². The highest BCUT2D eigenvalue weighted by molar-refractivity contribution is 6.32. The Morgan fingerprint density at radius 1 is 0.717 bits per heavy atom. The van der Waals surface area contributed by atoms with Crippen LogP contribution >= 0.6 is 23.2 Å². The molecule has 2 fully saturated rings. The number of hydrogen-bond donors (Lipinski definition) is 16. The van der Waals surface area contributed by atoms with Crippen LogP contribution in [0.25, 0.3) is 11.1 Å². The Morgan fingerprint density at radius 2 is 1.39 bits per heavy atom. The van der Waals surface area contributed by atoms with Gasteiger partial charge in [-0.3, -0.25) is 38.4 Å². The third-order valence-corrected chi connectivity index (χ3v) is 22.0. The van der Waals surface area contributed by atoms with Crippen LogP contribution in [-0.2, 0) is 59.0 Å². The van der Waals surface area contributed by atoms with Crippen LogP contribution in [0.15, 0.2) is 78.9 Å². The molecular formula is C81H104Cl2N8O22. The molecule has 113 heavy (non-hydrogen) atoms. The SMILES string of the molecule is CCCCCCCCCCNCCNC1(C)CC(OC2C(Oc3c4cc5cc3Oc3ccc(cc3Cl)[C@@H](O)[C@@H](NC(=O)[C@@H](CC(C)C)NC)C(=O)C[C@@H](CC(N)=O)C(=O)N[C@H]5C(=O)C[C@H]3C(=O)N[C@@H](Cc5ccc(c(Cl)c5)O4)C(=O)N[C@H](C(C)=O)c4cc(O)cc(O)c4-c4cc3ccc4O)OC(CO)C(O)C2O)OC(C)C1O. The summed E-state index contributed by atoms with van der Waals surface area (Å²) in [5.41, 5.74) is 3.82. The van der Waals surface area contributed by atoms with Crippen molar-refractivity contribution in [3.8, 4) is 57.1 Å². The minimum Gasteiger partial charge on any atom is -0.508 e. The van der Waals surface area contributed by atoms with E-state index in [0.29, 0.717) is 13.1 Å². The fraction of sp³-hybridized carbons (Fsp3) is 0.531. The second-order valence-electron chi connectivity index (χ2n) is 30.5. The largest absolute Gasteiger partial charge is 0.508 e. The third-order valence-electron chi connectivity index (χ3n) is 21.4. The number of carbonyl (C=O) groups excluding carboxylic acids is 8. The molecule has 0 aromatic heterocycles. The molecule has 12 rings (SSSR count). The number of phenols is 3. The average Bonchev–Trinajstić information content (AvgIpc) is 0.771. The van der Waals surface area contributed by atoms with Gasteiger partial charge in [-0.1, -0.05) is 107 Å². The van der Waals surface area contributed by atoms with Crippen molar-refractivity contribution >= 4 is 70.1 Å². The average molecular weight is 1610 g/mol. The van der Waals surface area contributed by atoms with Crippen LogP contribution in [0.5, 0.6) is 46.0 Å². The minimum atomic E-state index is -2.11. The smallest absolute Gasteiger partial charge is 0.243 e. The van der Waals surface area contributed by atoms with Crippen molar-refractivity contribution in [2.75, 3.05) is 33.3 Å². The summed E-state index contributed by atoms with van der Waals surface area (Å²) < 4.78 is 39.8. The van der Waals surface area contributed by atoms with Crippen molar-refractivity contribution in [3.63, 3.8) is 0 Å². The molecule has 30 nitrogen and oxygen atoms in total. The van der Waals surface area contributed by atoms with Gasteiger partial charge in [0, 0.05) is 67.9 Å². The van der Waals surface area contributed by atoms with Crippen molar-refractivity contribution < 1.29 is 108 Å². The molecule has 17 N–H and O–H groups in total. The molecule has 11 bridgehead atoms. The summed E-state index contributed by atoms with van der Waals surface area (Å²) in [6.45, 7) is 11.3. The van der Waals surface area contributed by atoms with Gasteiger partial charge in [-0.25, -0.2) is 0 Å². The standard InChI is InChI=1S/C81H104Cl2N8O22/c1-8-9-10-11-12-13-14-15-22-86-23-24-87-81(6)37-65(108-41(5)75(81)103)112-74-72(102)71(101)63(38-92)111-80(74)113-73-61-31-45-32-62(73)110-60-21-18-44(29-52(60)83)70(100)69(91-78(106)53(85-7)25-39(2)3)57(97)30-46(33-64(84)99)76(104)90-68(45)58(98)36-48-43-17-19-55(95)49(28-43)66-50(34-47(94)35-56(66)96)67(40(4)93)89-79(107)54(88-77(48)105)27-42-16-20-59(109-61)51(82)26-42/h16-21,26,28-29,31-32,34-35,39,41,46,48,53-54,63,65,67-72,74-75,80,85-87,92,94-96,100-103H,8-15,22-25,27,30,33,36-38H2,1-7H3,(H2,84,99)(H,88,105)(H,89,107)(H,90,104)(H,91,106)/t41?,46-,48+,53+,54-,63?,65?,67+,68+,69-,70+,71?,72?,74?,75?,80?,81?/m0/s1. The van der Waals surface area contributed by atoms with Gasteiger partial charge in [0.15, 0.2) is 41.2 Å². The highest BCUT2D eigenvalue weighted by Crippen LogP contribution is 2.50. The number of phenolic OH excluding ortho intramolecular Hbond substituents is 3. The van der Waals surface area contributed by atoms with Gasteiger partial charge < -0.3 is 112 Å². The zero-order valence-corrected chi connectivity index (χ0v) is 65.7. The lowest BCUT2D eigenvalue weighted by molar-refractivity contribution is -0.334. The molecule has 0 radical (unpaired) electrons. The van der Waals surface area contributed by atoms with E-state index in [1.54, 1.807) is 13.8 Å². The van der Waals surface area contributed by atoms with Crippen molar-refractivity contribution in [2.24, 2.45) is 17.6 Å². The number of Topliss-reactive ketones (excluding diaryl/α,β-unsaturated/α-hetero) is 3. The zero-order valence-electron chi connectivity index (χ0n) is 64.2. The Kier molecular flexibility index (Phi) is 29.7. The molecule has 5 amide bonds. The van der Waals surface area contributed by atoms with Gasteiger partial charge in [0.05, 0.1) is 46.7 Å². The number of primary amides is 1. The lowest BCUT2D eigenvalue weighted by Crippen LogP contribution is -2.65. The molecule has 5 aromatic rings. The van der Waals surface area contributed by atoms with Gasteiger partial charge in [0.1, 0.15) is 77.3 Å². The number of unbranched alkanes of at least 4 members (excludes halogenated alkanes) is 7. The number of nitrogens with one attached hydrogen (secondary N) is 7. The molecule has 9 unspecified atom stereocenters. The van der Waals surface area contributed by atoms with E-state index in [0.717, 1.165) is 50.9 Å². The maximum absolute atomic E-state index is 16.3. The van der Waals surface area contributed by atoms with Crippen LogP contribution < -0.4 is 57.2 Å². The van der Waals surface area contributed by atoms with Gasteiger partial charge in [-0.2, -0.15) is 0 Å². The van der Waals surface area contributed by atoms with Crippen LogP contribution in [0, 0.1) is 11.8 Å². The number of halogens is 2. The Hall–Kier alpha value is -8.60. The molecule has 0 saturated carbocycles. The van der Waals surface area contributed by atoms with E-state index in [-0.39, 0.29) is 79.2 Å². The molecule has 0 spiro atoms. The number of carbonyl (C=O) groups is 8. The number of hydrogen-bond acceptors (Lipinski definition) is 25. The number of amides is 5. The second kappa shape index (κ2) is 38.7. The molecule has 7 heterocycles. The van der Waals surface area contributed by atoms with E-state index in [1.165, 1.54) is 99.8 Å². The number of nitrogens with two attached hydrogens (primary N) is 1. The monoisotopic (exact) mass is 1610 g/mol. The van der Waals surface area contributed by atoms with Gasteiger partial charge >= 0.3 is 0 Å². The van der Waals surface area contributed by atoms with Crippen LogP contribution in [0.3, 0.4) is 0 Å².